The predicted octanol–water partition coefficient (Wildman–Crippen LogP) is 2.29. The van der Waals surface area contributed by atoms with Gasteiger partial charge in [-0.1, -0.05) is 19.9 Å². The topological polar surface area (TPSA) is 50.2 Å². The molecule has 1 rings (SSSR count). The molecule has 0 saturated heterocycles. The molecule has 0 fully saturated rings. The molecule has 0 spiro atoms. The fraction of sp³-hybridized carbons (Fsp3) is 0.455. The fourth-order valence-corrected chi connectivity index (χ4v) is 1.38. The van der Waals surface area contributed by atoms with Crippen molar-refractivity contribution in [1.29, 1.82) is 0 Å². The van der Waals surface area contributed by atoms with Gasteiger partial charge in [0.25, 0.3) is 0 Å². The van der Waals surface area contributed by atoms with Gasteiger partial charge in [-0.25, -0.2) is 9.78 Å². The molecule has 3 nitrogen and oxygen atoms in total. The van der Waals surface area contributed by atoms with Gasteiger partial charge < -0.3 is 5.11 Å². The first kappa shape index (κ1) is 10.7. The predicted molar refractivity (Wildman–Crippen MR) is 54.5 cm³/mol. The SMILES string of the molecule is Cc1ccc(CC(C)C)c(C(=O)O)n1. The van der Waals surface area contributed by atoms with E-state index in [1.165, 1.54) is 0 Å². The van der Waals surface area contributed by atoms with Crippen molar-refractivity contribution in [3.63, 3.8) is 0 Å². The second-order valence-corrected chi connectivity index (χ2v) is 3.86. The Morgan fingerprint density at radius 1 is 1.50 bits per heavy atom. The summed E-state index contributed by atoms with van der Waals surface area (Å²) in [5.74, 6) is -0.498. The van der Waals surface area contributed by atoms with Crippen molar-refractivity contribution in [3.05, 3.63) is 29.1 Å². The van der Waals surface area contributed by atoms with Crippen LogP contribution in [-0.4, -0.2) is 16.1 Å². The van der Waals surface area contributed by atoms with Crippen LogP contribution < -0.4 is 0 Å². The molecule has 1 N–H and O–H groups in total. The summed E-state index contributed by atoms with van der Waals surface area (Å²) in [4.78, 5) is 14.9. The van der Waals surface area contributed by atoms with Crippen LogP contribution in [0.25, 0.3) is 0 Å². The third-order valence-electron chi connectivity index (χ3n) is 1.95. The average Bonchev–Trinajstić information content (AvgIpc) is 2.07. The Balaban J connectivity index is 3.08. The zero-order valence-electron chi connectivity index (χ0n) is 8.74. The molecule has 0 aliphatic carbocycles. The lowest BCUT2D eigenvalue weighted by Crippen LogP contribution is -2.08. The van der Waals surface area contributed by atoms with E-state index in [1.807, 2.05) is 12.1 Å². The first-order valence-electron chi connectivity index (χ1n) is 4.70. The molecule has 0 amide bonds. The molecule has 0 aromatic carbocycles. The molecule has 0 saturated carbocycles. The molecule has 0 bridgehead atoms. The summed E-state index contributed by atoms with van der Waals surface area (Å²) in [7, 11) is 0. The number of aryl methyl sites for hydroxylation is 1. The number of hydrogen-bond acceptors (Lipinski definition) is 2. The van der Waals surface area contributed by atoms with E-state index in [1.54, 1.807) is 6.92 Å². The highest BCUT2D eigenvalue weighted by molar-refractivity contribution is 5.87. The summed E-state index contributed by atoms with van der Waals surface area (Å²) < 4.78 is 0. The van der Waals surface area contributed by atoms with E-state index < -0.39 is 5.97 Å². The minimum absolute atomic E-state index is 0.193. The van der Waals surface area contributed by atoms with E-state index in [4.69, 9.17) is 5.11 Å². The lowest BCUT2D eigenvalue weighted by molar-refractivity contribution is 0.0688. The number of carbonyl (C=O) groups is 1. The van der Waals surface area contributed by atoms with E-state index in [0.29, 0.717) is 5.92 Å². The molecule has 0 aliphatic rings. The number of carboxylic acid groups (broad SMARTS) is 1. The van der Waals surface area contributed by atoms with Crippen molar-refractivity contribution in [3.8, 4) is 0 Å². The molecule has 1 aromatic heterocycles. The zero-order chi connectivity index (χ0) is 10.7. The Labute approximate surface area is 83.8 Å². The summed E-state index contributed by atoms with van der Waals surface area (Å²) >= 11 is 0. The Morgan fingerprint density at radius 3 is 2.64 bits per heavy atom. The minimum atomic E-state index is -0.940. The molecule has 0 unspecified atom stereocenters. The van der Waals surface area contributed by atoms with Gasteiger partial charge in [0, 0.05) is 5.69 Å². The standard InChI is InChI=1S/C11H15NO2/c1-7(2)6-9-5-4-8(3)12-10(9)11(13)14/h4-5,7H,6H2,1-3H3,(H,13,14). The van der Waals surface area contributed by atoms with Crippen molar-refractivity contribution in [1.82, 2.24) is 4.98 Å². The van der Waals surface area contributed by atoms with Crippen LogP contribution in [0.2, 0.25) is 0 Å². The van der Waals surface area contributed by atoms with Crippen LogP contribution in [0.15, 0.2) is 12.1 Å². The maximum atomic E-state index is 10.9. The molecular weight excluding hydrogens is 178 g/mol. The van der Waals surface area contributed by atoms with Crippen LogP contribution in [0, 0.1) is 12.8 Å². The zero-order valence-corrected chi connectivity index (χ0v) is 8.74. The van der Waals surface area contributed by atoms with E-state index >= 15 is 0 Å². The number of carboxylic acids is 1. The number of hydrogen-bond donors (Lipinski definition) is 1. The van der Waals surface area contributed by atoms with E-state index in [9.17, 15) is 4.79 Å². The second-order valence-electron chi connectivity index (χ2n) is 3.86. The Hall–Kier alpha value is -1.38. The Bertz CT molecular complexity index is 345. The highest BCUT2D eigenvalue weighted by Crippen LogP contribution is 2.12. The quantitative estimate of drug-likeness (QED) is 0.801. The van der Waals surface area contributed by atoms with Gasteiger partial charge in [-0.05, 0) is 30.9 Å². The molecule has 1 heterocycles. The number of aromatic carboxylic acids is 1. The minimum Gasteiger partial charge on any atom is -0.477 e. The summed E-state index contributed by atoms with van der Waals surface area (Å²) in [6, 6.07) is 3.70. The highest BCUT2D eigenvalue weighted by Gasteiger charge is 2.12. The van der Waals surface area contributed by atoms with Gasteiger partial charge in [-0.15, -0.1) is 0 Å². The first-order valence-corrected chi connectivity index (χ1v) is 4.70. The van der Waals surface area contributed by atoms with E-state index in [0.717, 1.165) is 17.7 Å². The molecule has 14 heavy (non-hydrogen) atoms. The highest BCUT2D eigenvalue weighted by atomic mass is 16.4. The summed E-state index contributed by atoms with van der Waals surface area (Å²) in [6.45, 7) is 5.92. The summed E-state index contributed by atoms with van der Waals surface area (Å²) in [5, 5.41) is 8.94. The lowest BCUT2D eigenvalue weighted by Gasteiger charge is -2.08. The number of rotatable bonds is 3. The lowest BCUT2D eigenvalue weighted by atomic mass is 10.0. The van der Waals surface area contributed by atoms with Crippen LogP contribution in [0.1, 0.15) is 35.6 Å². The van der Waals surface area contributed by atoms with E-state index in [2.05, 4.69) is 18.8 Å². The van der Waals surface area contributed by atoms with Crippen LogP contribution >= 0.6 is 0 Å². The van der Waals surface area contributed by atoms with Gasteiger partial charge in [-0.3, -0.25) is 0 Å². The third kappa shape index (κ3) is 2.55. The van der Waals surface area contributed by atoms with Crippen molar-refractivity contribution in [2.45, 2.75) is 27.2 Å². The van der Waals surface area contributed by atoms with Gasteiger partial charge in [0.2, 0.25) is 0 Å². The van der Waals surface area contributed by atoms with Crippen molar-refractivity contribution in [2.75, 3.05) is 0 Å². The van der Waals surface area contributed by atoms with Crippen LogP contribution in [-0.2, 0) is 6.42 Å². The van der Waals surface area contributed by atoms with Gasteiger partial charge in [0.05, 0.1) is 0 Å². The summed E-state index contributed by atoms with van der Waals surface area (Å²) in [5.41, 5.74) is 1.76. The number of nitrogens with zero attached hydrogens (tertiary/aromatic N) is 1. The monoisotopic (exact) mass is 193 g/mol. The van der Waals surface area contributed by atoms with Gasteiger partial charge in [0.1, 0.15) is 0 Å². The molecule has 0 atom stereocenters. The summed E-state index contributed by atoms with van der Waals surface area (Å²) in [6.07, 6.45) is 0.759. The largest absolute Gasteiger partial charge is 0.477 e. The Morgan fingerprint density at radius 2 is 2.14 bits per heavy atom. The average molecular weight is 193 g/mol. The molecular formula is C11H15NO2. The molecule has 3 heteroatoms. The third-order valence-corrected chi connectivity index (χ3v) is 1.95. The molecule has 0 radical (unpaired) electrons. The van der Waals surface area contributed by atoms with Crippen molar-refractivity contribution in [2.24, 2.45) is 5.92 Å². The Kier molecular flexibility index (Phi) is 3.23. The second kappa shape index (κ2) is 4.22. The van der Waals surface area contributed by atoms with Crippen molar-refractivity contribution >= 4 is 5.97 Å². The van der Waals surface area contributed by atoms with Gasteiger partial charge >= 0.3 is 5.97 Å². The maximum Gasteiger partial charge on any atom is 0.354 e. The number of aromatic nitrogens is 1. The van der Waals surface area contributed by atoms with Crippen molar-refractivity contribution < 1.29 is 9.90 Å². The van der Waals surface area contributed by atoms with Crippen LogP contribution in [0.5, 0.6) is 0 Å². The van der Waals surface area contributed by atoms with Crippen LogP contribution in [0.4, 0.5) is 0 Å². The fourth-order valence-electron chi connectivity index (χ4n) is 1.38. The smallest absolute Gasteiger partial charge is 0.354 e. The van der Waals surface area contributed by atoms with Gasteiger partial charge in [-0.2, -0.15) is 0 Å². The maximum absolute atomic E-state index is 10.9. The molecule has 1 aromatic rings. The molecule has 0 aliphatic heterocycles. The molecule has 76 valence electrons. The van der Waals surface area contributed by atoms with Gasteiger partial charge in [0.15, 0.2) is 5.69 Å². The van der Waals surface area contributed by atoms with Crippen LogP contribution in [0.3, 0.4) is 0 Å². The number of pyridine rings is 1. The van der Waals surface area contributed by atoms with E-state index in [-0.39, 0.29) is 5.69 Å². The first-order chi connectivity index (χ1) is 6.50. The normalized spacial score (nSPS) is 10.6.